The van der Waals surface area contributed by atoms with Gasteiger partial charge in [0.05, 0.1) is 8.81 Å². The van der Waals surface area contributed by atoms with Crippen molar-refractivity contribution in [3.8, 4) is 0 Å². The van der Waals surface area contributed by atoms with Crippen molar-refractivity contribution in [2.75, 3.05) is 13.1 Å². The van der Waals surface area contributed by atoms with Gasteiger partial charge in [-0.15, -0.1) is 11.3 Å². The first-order chi connectivity index (χ1) is 8.82. The second kappa shape index (κ2) is 5.99. The summed E-state index contributed by atoms with van der Waals surface area (Å²) in [6.07, 6.45) is 1.84. The minimum atomic E-state index is -3.45. The molecule has 2 unspecified atom stereocenters. The third-order valence-electron chi connectivity index (χ3n) is 3.38. The highest BCUT2D eigenvalue weighted by atomic mass is 79.9. The van der Waals surface area contributed by atoms with E-state index in [1.807, 2.05) is 6.92 Å². The van der Waals surface area contributed by atoms with E-state index in [4.69, 9.17) is 17.3 Å². The second-order valence-corrected chi connectivity index (χ2v) is 9.75. The number of sulfonamides is 1. The Kier molecular flexibility index (Phi) is 4.96. The minimum absolute atomic E-state index is 0.0108. The van der Waals surface area contributed by atoms with Gasteiger partial charge in [-0.25, -0.2) is 8.42 Å². The first-order valence-corrected chi connectivity index (χ1v) is 9.45. The van der Waals surface area contributed by atoms with Crippen LogP contribution < -0.4 is 5.73 Å². The van der Waals surface area contributed by atoms with Gasteiger partial charge in [0.2, 0.25) is 0 Å². The van der Waals surface area contributed by atoms with E-state index >= 15 is 0 Å². The number of nitrogens with zero attached hydrogens (tertiary/aromatic N) is 1. The SMILES string of the molecule is CC(N)C1CCCN(S(=O)(=O)c2cc(Cl)c(Br)s2)C1. The van der Waals surface area contributed by atoms with E-state index in [1.54, 1.807) is 0 Å². The molecule has 1 aromatic heterocycles. The quantitative estimate of drug-likeness (QED) is 0.867. The molecule has 1 aromatic rings. The van der Waals surface area contributed by atoms with Gasteiger partial charge >= 0.3 is 0 Å². The maximum atomic E-state index is 12.5. The lowest BCUT2D eigenvalue weighted by Gasteiger charge is -2.33. The summed E-state index contributed by atoms with van der Waals surface area (Å²) in [5.74, 6) is 0.224. The van der Waals surface area contributed by atoms with E-state index in [0.29, 0.717) is 21.9 Å². The summed E-state index contributed by atoms with van der Waals surface area (Å²) in [4.78, 5) is 0. The topological polar surface area (TPSA) is 63.4 Å². The molecule has 19 heavy (non-hydrogen) atoms. The van der Waals surface area contributed by atoms with E-state index in [-0.39, 0.29) is 16.2 Å². The molecule has 0 saturated carbocycles. The predicted octanol–water partition coefficient (Wildman–Crippen LogP) is 2.91. The zero-order valence-electron chi connectivity index (χ0n) is 10.5. The minimum Gasteiger partial charge on any atom is -0.328 e. The summed E-state index contributed by atoms with van der Waals surface area (Å²) in [6, 6.07) is 1.51. The number of nitrogens with two attached hydrogens (primary N) is 1. The highest BCUT2D eigenvalue weighted by molar-refractivity contribution is 9.11. The molecule has 4 nitrogen and oxygen atoms in total. The fourth-order valence-corrected chi connectivity index (χ4v) is 6.29. The van der Waals surface area contributed by atoms with Gasteiger partial charge in [0.15, 0.2) is 0 Å². The Morgan fingerprint density at radius 3 is 2.84 bits per heavy atom. The molecule has 108 valence electrons. The number of rotatable bonds is 3. The largest absolute Gasteiger partial charge is 0.328 e. The highest BCUT2D eigenvalue weighted by Crippen LogP contribution is 2.37. The van der Waals surface area contributed by atoms with Crippen molar-refractivity contribution >= 4 is 48.9 Å². The van der Waals surface area contributed by atoms with Crippen molar-refractivity contribution < 1.29 is 8.42 Å². The first kappa shape index (κ1) is 15.7. The maximum Gasteiger partial charge on any atom is 0.252 e. The molecule has 0 spiro atoms. The number of hydrogen-bond donors (Lipinski definition) is 1. The molecule has 0 amide bonds. The van der Waals surface area contributed by atoms with Crippen molar-refractivity contribution in [2.24, 2.45) is 11.7 Å². The van der Waals surface area contributed by atoms with Crippen molar-refractivity contribution in [1.82, 2.24) is 4.31 Å². The molecule has 1 aliphatic heterocycles. The van der Waals surface area contributed by atoms with Crippen LogP contribution in [0.25, 0.3) is 0 Å². The van der Waals surface area contributed by atoms with Crippen LogP contribution in [0.5, 0.6) is 0 Å². The third-order valence-corrected chi connectivity index (χ3v) is 8.17. The Balaban J connectivity index is 2.24. The first-order valence-electron chi connectivity index (χ1n) is 6.03. The number of thiophene rings is 1. The standard InChI is InChI=1S/C11H16BrClN2O2S2/c1-7(14)8-3-2-4-15(6-8)19(16,17)10-5-9(13)11(12)18-10/h5,7-8H,2-4,6,14H2,1H3. The van der Waals surface area contributed by atoms with Crippen molar-refractivity contribution in [2.45, 2.75) is 30.0 Å². The fourth-order valence-electron chi connectivity index (χ4n) is 2.20. The lowest BCUT2D eigenvalue weighted by Crippen LogP contribution is -2.44. The summed E-state index contributed by atoms with van der Waals surface area (Å²) in [5, 5.41) is 0.435. The normalized spacial score (nSPS) is 23.5. The molecule has 2 atom stereocenters. The zero-order valence-corrected chi connectivity index (χ0v) is 14.4. The second-order valence-electron chi connectivity index (χ2n) is 4.81. The molecule has 8 heteroatoms. The fraction of sp³-hybridized carbons (Fsp3) is 0.636. The molecule has 2 rings (SSSR count). The van der Waals surface area contributed by atoms with Crippen molar-refractivity contribution in [3.63, 3.8) is 0 Å². The van der Waals surface area contributed by atoms with Gasteiger partial charge in [-0.05, 0) is 47.7 Å². The van der Waals surface area contributed by atoms with Crippen LogP contribution in [0.2, 0.25) is 5.02 Å². The van der Waals surface area contributed by atoms with Crippen LogP contribution >= 0.6 is 38.9 Å². The van der Waals surface area contributed by atoms with Gasteiger partial charge in [0.1, 0.15) is 4.21 Å². The third kappa shape index (κ3) is 3.33. The van der Waals surface area contributed by atoms with E-state index < -0.39 is 10.0 Å². The average molecular weight is 388 g/mol. The summed E-state index contributed by atoms with van der Waals surface area (Å²) in [5.41, 5.74) is 5.89. The van der Waals surface area contributed by atoms with Crippen LogP contribution in [0.3, 0.4) is 0 Å². The van der Waals surface area contributed by atoms with Crippen LogP contribution in [0.4, 0.5) is 0 Å². The number of hydrogen-bond acceptors (Lipinski definition) is 4. The molecule has 0 aliphatic carbocycles. The Morgan fingerprint density at radius 1 is 1.63 bits per heavy atom. The van der Waals surface area contributed by atoms with Gasteiger partial charge in [0, 0.05) is 19.1 Å². The molecule has 1 fully saturated rings. The van der Waals surface area contributed by atoms with Gasteiger partial charge < -0.3 is 5.73 Å². The van der Waals surface area contributed by atoms with E-state index in [1.165, 1.54) is 10.4 Å². The molecule has 1 aliphatic rings. The zero-order chi connectivity index (χ0) is 14.2. The van der Waals surface area contributed by atoms with Gasteiger partial charge in [-0.1, -0.05) is 11.6 Å². The Labute approximate surface area is 131 Å². The summed E-state index contributed by atoms with van der Waals surface area (Å²) in [7, 11) is -3.45. The molecule has 0 bridgehead atoms. The van der Waals surface area contributed by atoms with Crippen LogP contribution in [0, 0.1) is 5.92 Å². The molecule has 1 saturated heterocycles. The van der Waals surface area contributed by atoms with Crippen LogP contribution in [-0.4, -0.2) is 31.9 Å². The van der Waals surface area contributed by atoms with Crippen molar-refractivity contribution in [1.29, 1.82) is 0 Å². The van der Waals surface area contributed by atoms with Crippen LogP contribution in [0.15, 0.2) is 14.1 Å². The number of piperidine rings is 1. The van der Waals surface area contributed by atoms with E-state index in [2.05, 4.69) is 15.9 Å². The Hall–Kier alpha value is 0.340. The molecule has 0 aromatic carbocycles. The highest BCUT2D eigenvalue weighted by Gasteiger charge is 2.32. The molecule has 0 radical (unpaired) electrons. The monoisotopic (exact) mass is 386 g/mol. The van der Waals surface area contributed by atoms with E-state index in [0.717, 1.165) is 24.2 Å². The summed E-state index contributed by atoms with van der Waals surface area (Å²) in [6.45, 7) is 2.98. The lowest BCUT2D eigenvalue weighted by atomic mass is 9.93. The Bertz CT molecular complexity index is 540. The smallest absolute Gasteiger partial charge is 0.252 e. The molecule has 2 N–H and O–H groups in total. The molecular weight excluding hydrogens is 372 g/mol. The average Bonchev–Trinajstić information content (AvgIpc) is 2.70. The van der Waals surface area contributed by atoms with Gasteiger partial charge in [0.25, 0.3) is 10.0 Å². The lowest BCUT2D eigenvalue weighted by molar-refractivity contribution is 0.243. The van der Waals surface area contributed by atoms with Gasteiger partial charge in [-0.2, -0.15) is 4.31 Å². The van der Waals surface area contributed by atoms with Gasteiger partial charge in [-0.3, -0.25) is 0 Å². The summed E-state index contributed by atoms with van der Waals surface area (Å²) < 4.78 is 27.5. The number of halogens is 2. The predicted molar refractivity (Wildman–Crippen MR) is 82.2 cm³/mol. The van der Waals surface area contributed by atoms with Crippen molar-refractivity contribution in [3.05, 3.63) is 14.9 Å². The van der Waals surface area contributed by atoms with Crippen LogP contribution in [-0.2, 0) is 10.0 Å². The van der Waals surface area contributed by atoms with E-state index in [9.17, 15) is 8.42 Å². The van der Waals surface area contributed by atoms with Crippen LogP contribution in [0.1, 0.15) is 19.8 Å². The Morgan fingerprint density at radius 2 is 2.32 bits per heavy atom. The molecular formula is C11H16BrClN2O2S2. The maximum absolute atomic E-state index is 12.5. The summed E-state index contributed by atoms with van der Waals surface area (Å²) >= 11 is 10.3. The molecule has 2 heterocycles.